The van der Waals surface area contributed by atoms with Crippen LogP contribution in [0.3, 0.4) is 0 Å². The molecule has 2 nitrogen and oxygen atoms in total. The maximum atomic E-state index is 10.6. The van der Waals surface area contributed by atoms with Gasteiger partial charge in [0, 0.05) is 12.0 Å². The molecular weight excluding hydrogens is 351 g/mol. The van der Waals surface area contributed by atoms with E-state index in [4.69, 9.17) is 4.74 Å². The number of fused-ring (bicyclic) bond motifs is 1. The summed E-state index contributed by atoms with van der Waals surface area (Å²) in [6.07, 6.45) is 0.532. The van der Waals surface area contributed by atoms with Gasteiger partial charge in [-0.3, -0.25) is 0 Å². The first-order valence-corrected chi connectivity index (χ1v) is 8.75. The van der Waals surface area contributed by atoms with Crippen molar-refractivity contribution in [2.24, 2.45) is 0 Å². The van der Waals surface area contributed by atoms with Crippen molar-refractivity contribution in [1.82, 2.24) is 0 Å². The molecule has 0 radical (unpaired) electrons. The maximum absolute atomic E-state index is 10.6. The molecule has 2 unspecified atom stereocenters. The fraction of sp³-hybridized carbons (Fsp3) is 0.250. The van der Waals surface area contributed by atoms with Crippen molar-refractivity contribution in [2.45, 2.75) is 16.4 Å². The third-order valence-electron chi connectivity index (χ3n) is 3.23. The lowest BCUT2D eigenvalue weighted by atomic mass is 10.1. The summed E-state index contributed by atoms with van der Waals surface area (Å²) in [4.78, 5) is 0. The van der Waals surface area contributed by atoms with Crippen molar-refractivity contribution in [3.63, 3.8) is 0 Å². The summed E-state index contributed by atoms with van der Waals surface area (Å²) in [6, 6.07) is 18.4. The zero-order valence-electron chi connectivity index (χ0n) is 10.5. The Labute approximate surface area is 123 Å². The van der Waals surface area contributed by atoms with E-state index in [9.17, 15) is 5.11 Å². The van der Waals surface area contributed by atoms with E-state index in [0.29, 0.717) is 10.5 Å². The number of benzene rings is 2. The van der Waals surface area contributed by atoms with Crippen molar-refractivity contribution in [3.8, 4) is 5.75 Å². The summed E-state index contributed by atoms with van der Waals surface area (Å²) < 4.78 is 7.45. The fourth-order valence-electron chi connectivity index (χ4n) is 2.25. The fourth-order valence-corrected chi connectivity index (χ4v) is 5.30. The number of aliphatic hydroxyl groups excluding tert-OH is 1. The zero-order chi connectivity index (χ0) is 13.1. The molecule has 0 fully saturated rings. The van der Waals surface area contributed by atoms with E-state index in [1.165, 1.54) is 3.57 Å². The third kappa shape index (κ3) is 2.92. The van der Waals surface area contributed by atoms with Gasteiger partial charge in [0.05, 0.1) is 6.61 Å². The number of hydrogen-bond acceptors (Lipinski definition) is 2. The van der Waals surface area contributed by atoms with Gasteiger partial charge < -0.3 is 9.84 Å². The van der Waals surface area contributed by atoms with Crippen molar-refractivity contribution < 1.29 is 31.0 Å². The lowest BCUT2D eigenvalue weighted by Gasteiger charge is -2.11. The second-order valence-corrected chi connectivity index (χ2v) is 8.01. The molecule has 2 atom stereocenters. The molecule has 3 rings (SSSR count). The minimum absolute atomic E-state index is 0.208. The minimum Gasteiger partial charge on any atom is -0.493 e. The highest BCUT2D eigenvalue weighted by molar-refractivity contribution is 5.36. The molecule has 0 aliphatic carbocycles. The van der Waals surface area contributed by atoms with E-state index >= 15 is 0 Å². The van der Waals surface area contributed by atoms with Crippen LogP contribution in [0.15, 0.2) is 54.6 Å². The molecule has 0 saturated heterocycles. The molecule has 3 heteroatoms. The summed E-state index contributed by atoms with van der Waals surface area (Å²) in [5.41, 5.74) is 0.945. The Kier molecular flexibility index (Phi) is 4.03. The second-order valence-electron chi connectivity index (χ2n) is 4.54. The maximum Gasteiger partial charge on any atom is 0.320 e. The van der Waals surface area contributed by atoms with E-state index in [0.717, 1.165) is 17.7 Å². The summed E-state index contributed by atoms with van der Waals surface area (Å²) >= 11 is -0.208. The number of ether oxygens (including phenoxy) is 1. The number of rotatable bonds is 2. The van der Waals surface area contributed by atoms with Gasteiger partial charge in [-0.05, 0) is 18.2 Å². The van der Waals surface area contributed by atoms with Crippen LogP contribution in [-0.2, 0) is 0 Å². The van der Waals surface area contributed by atoms with Crippen LogP contribution in [-0.4, -0.2) is 15.6 Å². The molecule has 1 N–H and O–H groups in total. The van der Waals surface area contributed by atoms with Gasteiger partial charge in [-0.25, -0.2) is 0 Å². The molecule has 0 spiro atoms. The van der Waals surface area contributed by atoms with Crippen LogP contribution in [0.1, 0.15) is 18.1 Å². The standard InChI is InChI=1S/C16H16IO2/c18-16-13-8-4-5-9-15(13)19-11-10-14(16)17-12-6-2-1-3-7-12/h1-9,14,16,18H,10-11H2/q+1. The van der Waals surface area contributed by atoms with Crippen molar-refractivity contribution in [2.75, 3.05) is 6.61 Å². The lowest BCUT2D eigenvalue weighted by Crippen LogP contribution is -3.65. The minimum atomic E-state index is -0.397. The van der Waals surface area contributed by atoms with Gasteiger partial charge in [-0.1, -0.05) is 36.4 Å². The van der Waals surface area contributed by atoms with Crippen LogP contribution in [0.2, 0.25) is 0 Å². The molecule has 19 heavy (non-hydrogen) atoms. The molecule has 1 heterocycles. The highest BCUT2D eigenvalue weighted by Crippen LogP contribution is 2.29. The number of alkyl halides is 1. The summed E-state index contributed by atoms with van der Waals surface area (Å²) in [5.74, 6) is 0.842. The topological polar surface area (TPSA) is 29.5 Å². The number of hydrogen-bond donors (Lipinski definition) is 1. The molecule has 1 aliphatic rings. The Bertz CT molecular complexity index is 541. The second kappa shape index (κ2) is 5.92. The van der Waals surface area contributed by atoms with E-state index in [-0.39, 0.29) is 21.2 Å². The van der Waals surface area contributed by atoms with Crippen molar-refractivity contribution >= 4 is 0 Å². The third-order valence-corrected chi connectivity index (χ3v) is 6.77. The van der Waals surface area contributed by atoms with Crippen LogP contribution in [0.4, 0.5) is 0 Å². The summed E-state index contributed by atoms with van der Waals surface area (Å²) in [5, 5.41) is 10.6. The Hall–Kier alpha value is -1.07. The van der Waals surface area contributed by atoms with Crippen molar-refractivity contribution in [3.05, 3.63) is 63.7 Å². The molecule has 98 valence electrons. The molecule has 2 aromatic rings. The SMILES string of the molecule is OC1c2ccccc2OCCC1[I+]c1ccccc1. The lowest BCUT2D eigenvalue weighted by molar-refractivity contribution is -0.672. The van der Waals surface area contributed by atoms with Gasteiger partial charge >= 0.3 is 21.2 Å². The van der Waals surface area contributed by atoms with E-state index in [1.54, 1.807) is 0 Å². The molecule has 0 bridgehead atoms. The molecule has 0 aromatic heterocycles. The monoisotopic (exact) mass is 367 g/mol. The van der Waals surface area contributed by atoms with Gasteiger partial charge in [0.2, 0.25) is 0 Å². The highest BCUT2D eigenvalue weighted by Gasteiger charge is 2.37. The number of para-hydroxylation sites is 1. The highest BCUT2D eigenvalue weighted by atomic mass is 127. The number of halogens is 1. The normalized spacial score (nSPS) is 22.2. The Morgan fingerprint density at radius 3 is 2.58 bits per heavy atom. The molecular formula is C16H16IO2+. The Morgan fingerprint density at radius 1 is 1.00 bits per heavy atom. The first-order chi connectivity index (χ1) is 9.34. The van der Waals surface area contributed by atoms with E-state index in [2.05, 4.69) is 24.3 Å². The van der Waals surface area contributed by atoms with Crippen LogP contribution in [0.5, 0.6) is 5.75 Å². The van der Waals surface area contributed by atoms with Crippen LogP contribution in [0.25, 0.3) is 0 Å². The summed E-state index contributed by atoms with van der Waals surface area (Å²) in [7, 11) is 0. The zero-order valence-corrected chi connectivity index (χ0v) is 12.7. The van der Waals surface area contributed by atoms with Crippen LogP contribution in [0, 0.1) is 3.57 Å². The van der Waals surface area contributed by atoms with Gasteiger partial charge in [0.25, 0.3) is 0 Å². The predicted molar refractivity (Wildman–Crippen MR) is 70.4 cm³/mol. The van der Waals surface area contributed by atoms with Gasteiger partial charge in [0.15, 0.2) is 7.49 Å². The quantitative estimate of drug-likeness (QED) is 0.590. The van der Waals surface area contributed by atoms with Crippen LogP contribution < -0.4 is 25.9 Å². The molecule has 1 aliphatic heterocycles. The van der Waals surface area contributed by atoms with E-state index < -0.39 is 6.10 Å². The molecule has 0 saturated carbocycles. The summed E-state index contributed by atoms with van der Waals surface area (Å²) in [6.45, 7) is 0.700. The van der Waals surface area contributed by atoms with Crippen molar-refractivity contribution in [1.29, 1.82) is 0 Å². The Morgan fingerprint density at radius 2 is 1.74 bits per heavy atom. The Balaban J connectivity index is 1.84. The largest absolute Gasteiger partial charge is 0.493 e. The first-order valence-electron chi connectivity index (χ1n) is 6.43. The van der Waals surface area contributed by atoms with Gasteiger partial charge in [-0.2, -0.15) is 0 Å². The van der Waals surface area contributed by atoms with Gasteiger partial charge in [0.1, 0.15) is 11.9 Å². The van der Waals surface area contributed by atoms with Crippen LogP contribution >= 0.6 is 0 Å². The molecule has 0 amide bonds. The average molecular weight is 367 g/mol. The smallest absolute Gasteiger partial charge is 0.320 e. The van der Waals surface area contributed by atoms with E-state index in [1.807, 2.05) is 30.3 Å². The molecule has 2 aromatic carbocycles. The first kappa shape index (κ1) is 12.9. The average Bonchev–Trinajstić information content (AvgIpc) is 2.61. The van der Waals surface area contributed by atoms with Gasteiger partial charge in [-0.15, -0.1) is 0 Å². The number of aliphatic hydroxyl groups is 1. The predicted octanol–water partition coefficient (Wildman–Crippen LogP) is -0.170.